The van der Waals surface area contributed by atoms with Gasteiger partial charge in [-0.3, -0.25) is 4.52 Å². The molecule has 0 fully saturated rings. The molecule has 0 aliphatic rings. The van der Waals surface area contributed by atoms with Crippen molar-refractivity contribution in [3.05, 3.63) is 15.8 Å². The quantitative estimate of drug-likeness (QED) is 0.606. The molecule has 0 aliphatic heterocycles. The van der Waals surface area contributed by atoms with Crippen LogP contribution in [0.3, 0.4) is 0 Å². The van der Waals surface area contributed by atoms with Crippen molar-refractivity contribution in [1.29, 1.82) is 0 Å². The van der Waals surface area contributed by atoms with Crippen LogP contribution in [0.5, 0.6) is 0 Å². The van der Waals surface area contributed by atoms with Crippen LogP contribution in [0.4, 0.5) is 5.13 Å². The lowest BCUT2D eigenvalue weighted by atomic mass is 10.4. The molecule has 6 nitrogen and oxygen atoms in total. The number of aromatic nitrogens is 3. The average Bonchev–Trinajstić information content (AvgIpc) is 2.60. The zero-order chi connectivity index (χ0) is 9.42. The monoisotopic (exact) mass is 199 g/mol. The first-order valence-corrected chi connectivity index (χ1v) is 4.35. The molecule has 0 aliphatic carbocycles. The number of nitrogen functional groups attached to an aromatic ring is 1. The zero-order valence-corrected chi connectivity index (χ0v) is 7.59. The van der Waals surface area contributed by atoms with E-state index in [2.05, 4.69) is 14.8 Å². The van der Waals surface area contributed by atoms with Gasteiger partial charge >= 0.3 is 11.3 Å². The lowest BCUT2D eigenvalue weighted by molar-refractivity contribution is -0.730. The van der Waals surface area contributed by atoms with E-state index in [9.17, 15) is 4.79 Å². The highest BCUT2D eigenvalue weighted by Gasteiger charge is 2.22. The summed E-state index contributed by atoms with van der Waals surface area (Å²) in [6, 6.07) is 0. The van der Waals surface area contributed by atoms with E-state index >= 15 is 0 Å². The Morgan fingerprint density at radius 3 is 3.00 bits per heavy atom. The van der Waals surface area contributed by atoms with Crippen molar-refractivity contribution in [2.45, 2.75) is 0 Å². The van der Waals surface area contributed by atoms with Crippen molar-refractivity contribution in [1.82, 2.24) is 10.3 Å². The van der Waals surface area contributed by atoms with E-state index in [4.69, 9.17) is 5.73 Å². The van der Waals surface area contributed by atoms with Crippen molar-refractivity contribution >= 4 is 16.5 Å². The van der Waals surface area contributed by atoms with E-state index < -0.39 is 5.63 Å². The van der Waals surface area contributed by atoms with Gasteiger partial charge in [0.05, 0.1) is 0 Å². The average molecular weight is 199 g/mol. The highest BCUT2D eigenvalue weighted by Crippen LogP contribution is 2.17. The molecule has 0 amide bonds. The number of nitrogens with two attached hydrogens (primary N) is 1. The maximum Gasteiger partial charge on any atom is 0.436 e. The van der Waals surface area contributed by atoms with Crippen LogP contribution in [0.15, 0.2) is 14.7 Å². The number of thiazole rings is 1. The summed E-state index contributed by atoms with van der Waals surface area (Å²) in [5.74, 6) is 0. The van der Waals surface area contributed by atoms with Gasteiger partial charge in [0, 0.05) is 5.38 Å². The molecule has 7 heteroatoms. The molecule has 13 heavy (non-hydrogen) atoms. The molecule has 0 spiro atoms. The molecule has 2 aromatic rings. The number of H-pyrrole nitrogens is 1. The highest BCUT2D eigenvalue weighted by atomic mass is 32.1. The third kappa shape index (κ3) is 1.22. The zero-order valence-electron chi connectivity index (χ0n) is 6.77. The number of aromatic amines is 1. The molecule has 2 heterocycles. The lowest BCUT2D eigenvalue weighted by Gasteiger charge is -1.80. The van der Waals surface area contributed by atoms with Gasteiger partial charge in [0.15, 0.2) is 17.9 Å². The Labute approximate surface area is 76.6 Å². The van der Waals surface area contributed by atoms with Gasteiger partial charge in [0.1, 0.15) is 0 Å². The van der Waals surface area contributed by atoms with Gasteiger partial charge < -0.3 is 5.73 Å². The van der Waals surface area contributed by atoms with Gasteiger partial charge in [-0.05, 0) is 5.27 Å². The summed E-state index contributed by atoms with van der Waals surface area (Å²) in [6.45, 7) is 0. The van der Waals surface area contributed by atoms with E-state index in [1.54, 1.807) is 12.4 Å². The predicted molar refractivity (Wildman–Crippen MR) is 46.0 cm³/mol. The predicted octanol–water partition coefficient (Wildman–Crippen LogP) is -0.502. The van der Waals surface area contributed by atoms with Crippen molar-refractivity contribution in [2.24, 2.45) is 7.05 Å². The maximum atomic E-state index is 11.2. The molecule has 68 valence electrons. The van der Waals surface area contributed by atoms with Crippen LogP contribution in [-0.4, -0.2) is 10.3 Å². The number of rotatable bonds is 1. The standard InChI is InChI=1S/C6H6N4O2S/c1-10-4(5(11)12-9-10)3-2-13-6(7)8-3/h2H,1H3,(H2-,7,8,9,11)/p+1. The van der Waals surface area contributed by atoms with Crippen molar-refractivity contribution < 1.29 is 9.20 Å². The van der Waals surface area contributed by atoms with Gasteiger partial charge in [-0.2, -0.15) is 0 Å². The number of hydrogen-bond donors (Lipinski definition) is 2. The minimum atomic E-state index is -0.451. The van der Waals surface area contributed by atoms with Crippen LogP contribution in [0.1, 0.15) is 0 Å². The van der Waals surface area contributed by atoms with Crippen LogP contribution in [0.25, 0.3) is 11.4 Å². The second kappa shape index (κ2) is 2.70. The van der Waals surface area contributed by atoms with Crippen molar-refractivity contribution in [2.75, 3.05) is 5.73 Å². The van der Waals surface area contributed by atoms with E-state index in [1.807, 2.05) is 0 Å². The molecule has 3 N–H and O–H groups in total. The van der Waals surface area contributed by atoms with Crippen LogP contribution < -0.4 is 16.0 Å². The van der Waals surface area contributed by atoms with Gasteiger partial charge in [0.2, 0.25) is 0 Å². The molecule has 0 aromatic carbocycles. The number of nitrogens with one attached hydrogen (secondary N) is 1. The van der Waals surface area contributed by atoms with Crippen LogP contribution in [0, 0.1) is 0 Å². The Hall–Kier alpha value is -1.63. The first-order valence-electron chi connectivity index (χ1n) is 3.47. The van der Waals surface area contributed by atoms with Gasteiger partial charge in [0.25, 0.3) is 0 Å². The summed E-state index contributed by atoms with van der Waals surface area (Å²) in [5, 5.41) is 4.53. The summed E-state index contributed by atoms with van der Waals surface area (Å²) < 4.78 is 6.02. The van der Waals surface area contributed by atoms with E-state index in [0.29, 0.717) is 16.5 Å². The largest absolute Gasteiger partial charge is 0.436 e. The Bertz CT molecular complexity index is 483. The van der Waals surface area contributed by atoms with Gasteiger partial charge in [-0.25, -0.2) is 9.78 Å². The van der Waals surface area contributed by atoms with E-state index in [-0.39, 0.29) is 0 Å². The number of aryl methyl sites for hydroxylation is 1. The fraction of sp³-hybridized carbons (Fsp3) is 0.167. The highest BCUT2D eigenvalue weighted by molar-refractivity contribution is 7.13. The first kappa shape index (κ1) is 7.99. The van der Waals surface area contributed by atoms with Gasteiger partial charge in [-0.15, -0.1) is 11.3 Å². The molecular weight excluding hydrogens is 192 g/mol. The molecule has 0 unspecified atom stereocenters. The molecule has 2 rings (SSSR count). The number of hydrogen-bond acceptors (Lipinski definition) is 5. The molecule has 0 saturated heterocycles. The Kier molecular flexibility index (Phi) is 1.66. The lowest BCUT2D eigenvalue weighted by Crippen LogP contribution is -2.33. The fourth-order valence-electron chi connectivity index (χ4n) is 1.01. The second-order valence-electron chi connectivity index (χ2n) is 2.46. The fourth-order valence-corrected chi connectivity index (χ4v) is 1.56. The third-order valence-electron chi connectivity index (χ3n) is 1.57. The minimum absolute atomic E-state index is 0.368. The Morgan fingerprint density at radius 2 is 2.54 bits per heavy atom. The second-order valence-corrected chi connectivity index (χ2v) is 3.35. The van der Waals surface area contributed by atoms with E-state index in [0.717, 1.165) is 0 Å². The number of nitrogens with zero attached hydrogens (tertiary/aromatic N) is 2. The maximum absolute atomic E-state index is 11.2. The molecule has 2 aromatic heterocycles. The summed E-state index contributed by atoms with van der Waals surface area (Å²) in [7, 11) is 1.66. The molecular formula is C6H7N4O2S+. The van der Waals surface area contributed by atoms with Crippen molar-refractivity contribution in [3.63, 3.8) is 0 Å². The normalized spacial score (nSPS) is 10.5. The smallest absolute Gasteiger partial charge is 0.375 e. The minimum Gasteiger partial charge on any atom is -0.375 e. The topological polar surface area (TPSA) is 88.8 Å². The molecule has 0 bridgehead atoms. The Balaban J connectivity index is 2.64. The molecule has 0 saturated carbocycles. The first-order chi connectivity index (χ1) is 6.18. The van der Waals surface area contributed by atoms with Crippen LogP contribution >= 0.6 is 11.3 Å². The summed E-state index contributed by atoms with van der Waals surface area (Å²) in [4.78, 5) is 15.1. The number of anilines is 1. The van der Waals surface area contributed by atoms with Crippen molar-refractivity contribution in [3.8, 4) is 11.4 Å². The summed E-state index contributed by atoms with van der Waals surface area (Å²) >= 11 is 1.28. The van der Waals surface area contributed by atoms with Crippen LogP contribution in [-0.2, 0) is 7.05 Å². The third-order valence-corrected chi connectivity index (χ3v) is 2.24. The Morgan fingerprint density at radius 1 is 1.77 bits per heavy atom. The molecule has 0 radical (unpaired) electrons. The SMILES string of the molecule is C[n+]1[nH]oc(=O)c1-c1csc(N)n1. The summed E-state index contributed by atoms with van der Waals surface area (Å²) in [6.07, 6.45) is 0. The summed E-state index contributed by atoms with van der Waals surface area (Å²) in [5.41, 5.74) is 5.89. The van der Waals surface area contributed by atoms with Gasteiger partial charge in [-0.1, -0.05) is 4.68 Å². The molecule has 0 atom stereocenters. The van der Waals surface area contributed by atoms with E-state index in [1.165, 1.54) is 16.0 Å². The van der Waals surface area contributed by atoms with Crippen LogP contribution in [0.2, 0.25) is 0 Å².